The topological polar surface area (TPSA) is 113 Å². The molecule has 0 aliphatic heterocycles. The number of rotatable bonds is 6. The van der Waals surface area contributed by atoms with E-state index in [1.807, 2.05) is 83.5 Å². The fourth-order valence-corrected chi connectivity index (χ4v) is 4.20. The lowest BCUT2D eigenvalue weighted by Gasteiger charge is -2.10. The number of anilines is 1. The van der Waals surface area contributed by atoms with E-state index < -0.39 is 0 Å². The quantitative estimate of drug-likeness (QED) is 0.317. The zero-order valence-corrected chi connectivity index (χ0v) is 20.1. The van der Waals surface area contributed by atoms with E-state index in [4.69, 9.17) is 10.7 Å². The Kier molecular flexibility index (Phi) is 6.33. The second kappa shape index (κ2) is 9.90. The number of carbonyl (C=O) groups excluding carboxylic acids is 2. The third-order valence-corrected chi connectivity index (χ3v) is 6.13. The van der Waals surface area contributed by atoms with Crippen LogP contribution >= 0.6 is 0 Å². The highest BCUT2D eigenvalue weighted by molar-refractivity contribution is 5.95. The Bertz CT molecular complexity index is 1680. The monoisotopic (exact) mass is 485 g/mol. The Morgan fingerprint density at radius 3 is 2.32 bits per heavy atom. The van der Waals surface area contributed by atoms with Gasteiger partial charge in [0, 0.05) is 34.8 Å². The number of benzene rings is 3. The summed E-state index contributed by atoms with van der Waals surface area (Å²) in [6.45, 7) is 1.47. The van der Waals surface area contributed by atoms with Gasteiger partial charge in [-0.25, -0.2) is 4.98 Å². The van der Waals surface area contributed by atoms with E-state index in [9.17, 15) is 14.9 Å². The molecular weight excluding hydrogens is 462 g/mol. The highest BCUT2D eigenvalue weighted by atomic mass is 16.1. The summed E-state index contributed by atoms with van der Waals surface area (Å²) in [5.41, 5.74) is 13.3. The summed E-state index contributed by atoms with van der Waals surface area (Å²) >= 11 is 0. The van der Waals surface area contributed by atoms with Gasteiger partial charge >= 0.3 is 0 Å². The first-order chi connectivity index (χ1) is 17.9. The summed E-state index contributed by atoms with van der Waals surface area (Å²) in [6, 6.07) is 26.6. The summed E-state index contributed by atoms with van der Waals surface area (Å²) in [5.74, 6) is -0.248. The molecule has 3 N–H and O–H groups in total. The van der Waals surface area contributed by atoms with Gasteiger partial charge in [-0.3, -0.25) is 9.59 Å². The van der Waals surface area contributed by atoms with Gasteiger partial charge in [0.2, 0.25) is 5.91 Å². The van der Waals surface area contributed by atoms with Crippen LogP contribution in [0.4, 0.5) is 5.69 Å². The SMILES string of the molecule is CC(=O)c1ccc(-c2cc(-c3cccc(C#N)c3)cn3cc(-c4ccc(NC(=O)CN)cc4)nc23)cc1. The summed E-state index contributed by atoms with van der Waals surface area (Å²) in [5, 5.41) is 12.1. The average molecular weight is 486 g/mol. The van der Waals surface area contributed by atoms with E-state index in [0.717, 1.165) is 39.2 Å². The number of nitrogens with two attached hydrogens (primary N) is 1. The van der Waals surface area contributed by atoms with Crippen molar-refractivity contribution in [1.29, 1.82) is 5.26 Å². The minimum absolute atomic E-state index is 0.00737. The molecule has 180 valence electrons. The minimum atomic E-state index is -0.256. The van der Waals surface area contributed by atoms with Crippen molar-refractivity contribution in [2.24, 2.45) is 5.73 Å². The van der Waals surface area contributed by atoms with Crippen molar-refractivity contribution < 1.29 is 9.59 Å². The number of Topliss-reactive ketones (excluding diaryl/α,β-unsaturated/α-hetero) is 1. The number of pyridine rings is 1. The first kappa shape index (κ1) is 23.7. The molecule has 1 amide bonds. The molecule has 0 bridgehead atoms. The molecule has 7 heteroatoms. The van der Waals surface area contributed by atoms with Crippen molar-refractivity contribution in [3.05, 3.63) is 102 Å². The molecule has 37 heavy (non-hydrogen) atoms. The van der Waals surface area contributed by atoms with Crippen molar-refractivity contribution in [2.75, 3.05) is 11.9 Å². The summed E-state index contributed by atoms with van der Waals surface area (Å²) in [4.78, 5) is 28.3. The molecule has 0 saturated heterocycles. The number of hydrogen-bond acceptors (Lipinski definition) is 5. The van der Waals surface area contributed by atoms with Gasteiger partial charge in [0.25, 0.3) is 0 Å². The van der Waals surface area contributed by atoms with Crippen LogP contribution in [0.5, 0.6) is 0 Å². The third kappa shape index (κ3) is 4.87. The highest BCUT2D eigenvalue weighted by Gasteiger charge is 2.14. The number of nitrogens with one attached hydrogen (secondary N) is 1. The van der Waals surface area contributed by atoms with Crippen LogP contribution in [0, 0.1) is 11.3 Å². The van der Waals surface area contributed by atoms with Gasteiger partial charge in [-0.1, -0.05) is 48.5 Å². The lowest BCUT2D eigenvalue weighted by atomic mass is 9.99. The number of aromatic nitrogens is 2. The van der Waals surface area contributed by atoms with Gasteiger partial charge in [0.05, 0.1) is 23.9 Å². The van der Waals surface area contributed by atoms with Crippen LogP contribution in [0.15, 0.2) is 91.3 Å². The van der Waals surface area contributed by atoms with Crippen LogP contribution in [0.1, 0.15) is 22.8 Å². The third-order valence-electron chi connectivity index (χ3n) is 6.13. The van der Waals surface area contributed by atoms with E-state index in [1.54, 1.807) is 13.0 Å². The molecule has 0 atom stereocenters. The second-order valence-electron chi connectivity index (χ2n) is 8.66. The number of ketones is 1. The molecule has 0 fully saturated rings. The van der Waals surface area contributed by atoms with Crippen LogP contribution in [0.25, 0.3) is 39.2 Å². The normalized spacial score (nSPS) is 10.7. The zero-order chi connectivity index (χ0) is 25.9. The fraction of sp³-hybridized carbons (Fsp3) is 0.0667. The molecule has 0 aliphatic rings. The molecule has 0 aliphatic carbocycles. The fourth-order valence-electron chi connectivity index (χ4n) is 4.20. The second-order valence-corrected chi connectivity index (χ2v) is 8.66. The van der Waals surface area contributed by atoms with E-state index in [2.05, 4.69) is 17.5 Å². The standard InChI is InChI=1S/C30H23N5O2/c1-19(36)21-5-7-22(8-6-21)27-14-25(24-4-2-3-20(13-24)15-31)17-35-18-28(34-30(27)35)23-9-11-26(12-10-23)33-29(37)16-32/h2-14,17-18H,16,32H2,1H3,(H,33,37). The Balaban J connectivity index is 1.64. The predicted octanol–water partition coefficient (Wildman–Crippen LogP) is 5.31. The highest BCUT2D eigenvalue weighted by Crippen LogP contribution is 2.33. The molecule has 0 saturated carbocycles. The molecule has 7 nitrogen and oxygen atoms in total. The van der Waals surface area contributed by atoms with Gasteiger partial charge < -0.3 is 15.5 Å². The van der Waals surface area contributed by atoms with Crippen LogP contribution in [0.2, 0.25) is 0 Å². The number of nitrogens with zero attached hydrogens (tertiary/aromatic N) is 3. The van der Waals surface area contributed by atoms with Crippen molar-refractivity contribution in [3.8, 4) is 39.6 Å². The van der Waals surface area contributed by atoms with Crippen molar-refractivity contribution >= 4 is 23.0 Å². The van der Waals surface area contributed by atoms with Crippen molar-refractivity contribution in [2.45, 2.75) is 6.92 Å². The van der Waals surface area contributed by atoms with Crippen LogP contribution in [-0.4, -0.2) is 27.6 Å². The first-order valence-corrected chi connectivity index (χ1v) is 11.7. The van der Waals surface area contributed by atoms with Gasteiger partial charge in [0.15, 0.2) is 5.78 Å². The zero-order valence-electron chi connectivity index (χ0n) is 20.1. The maximum absolute atomic E-state index is 11.8. The molecule has 3 aromatic carbocycles. The number of carbonyl (C=O) groups is 2. The maximum atomic E-state index is 11.8. The maximum Gasteiger partial charge on any atom is 0.238 e. The average Bonchev–Trinajstić information content (AvgIpc) is 3.37. The lowest BCUT2D eigenvalue weighted by molar-refractivity contribution is -0.114. The van der Waals surface area contributed by atoms with Gasteiger partial charge in [-0.2, -0.15) is 5.26 Å². The lowest BCUT2D eigenvalue weighted by Crippen LogP contribution is -2.21. The largest absolute Gasteiger partial charge is 0.325 e. The van der Waals surface area contributed by atoms with Gasteiger partial charge in [-0.15, -0.1) is 0 Å². The number of imidazole rings is 1. The number of amides is 1. The Morgan fingerprint density at radius 1 is 0.919 bits per heavy atom. The minimum Gasteiger partial charge on any atom is -0.325 e. The van der Waals surface area contributed by atoms with Gasteiger partial charge in [-0.05, 0) is 53.9 Å². The van der Waals surface area contributed by atoms with Crippen molar-refractivity contribution in [3.63, 3.8) is 0 Å². The Morgan fingerprint density at radius 2 is 1.65 bits per heavy atom. The summed E-state index contributed by atoms with van der Waals surface area (Å²) in [6.07, 6.45) is 3.94. The number of hydrogen-bond donors (Lipinski definition) is 2. The Labute approximate surface area is 213 Å². The molecule has 2 heterocycles. The van der Waals surface area contributed by atoms with Crippen LogP contribution < -0.4 is 11.1 Å². The van der Waals surface area contributed by atoms with E-state index in [0.29, 0.717) is 16.8 Å². The predicted molar refractivity (Wildman–Crippen MR) is 144 cm³/mol. The van der Waals surface area contributed by atoms with Gasteiger partial charge in [0.1, 0.15) is 5.65 Å². The molecule has 5 rings (SSSR count). The molecule has 5 aromatic rings. The first-order valence-electron chi connectivity index (χ1n) is 11.7. The van der Waals surface area contributed by atoms with Crippen LogP contribution in [-0.2, 0) is 4.79 Å². The van der Waals surface area contributed by atoms with Crippen LogP contribution in [0.3, 0.4) is 0 Å². The number of nitriles is 1. The smallest absolute Gasteiger partial charge is 0.238 e. The molecule has 0 unspecified atom stereocenters. The molecule has 2 aromatic heterocycles. The summed E-state index contributed by atoms with van der Waals surface area (Å²) in [7, 11) is 0. The van der Waals surface area contributed by atoms with E-state index in [-0.39, 0.29) is 18.2 Å². The summed E-state index contributed by atoms with van der Waals surface area (Å²) < 4.78 is 1.97. The molecule has 0 radical (unpaired) electrons. The Hall–Kier alpha value is -5.06. The molecular formula is C30H23N5O2. The number of fused-ring (bicyclic) bond motifs is 1. The molecule has 0 spiro atoms. The van der Waals surface area contributed by atoms with E-state index >= 15 is 0 Å². The van der Waals surface area contributed by atoms with Crippen molar-refractivity contribution in [1.82, 2.24) is 9.38 Å². The van der Waals surface area contributed by atoms with E-state index in [1.165, 1.54) is 0 Å².